The first-order valence-electron chi connectivity index (χ1n) is 10.7. The number of aliphatic imine (C=N–C) groups is 2. The highest BCUT2D eigenvalue weighted by Crippen LogP contribution is 2.41. The molecule has 0 amide bonds. The molecule has 0 saturated carbocycles. The fourth-order valence-corrected chi connectivity index (χ4v) is 4.29. The molecule has 168 valence electrons. The van der Waals surface area contributed by atoms with Crippen molar-refractivity contribution in [3.8, 4) is 0 Å². The number of hydrogen-bond acceptors (Lipinski definition) is 7. The maximum absolute atomic E-state index is 13.4. The molecule has 0 fully saturated rings. The molecule has 8 heteroatoms. The third-order valence-corrected chi connectivity index (χ3v) is 9.91. The quantitative estimate of drug-likeness (QED) is 0.403. The molecule has 0 radical (unpaired) electrons. The van der Waals surface area contributed by atoms with E-state index in [4.69, 9.17) is 23.6 Å². The Hall–Kier alpha value is -1.41. The lowest BCUT2D eigenvalue weighted by atomic mass is 9.88. The highest BCUT2D eigenvalue weighted by molar-refractivity contribution is 6.74. The van der Waals surface area contributed by atoms with Crippen molar-refractivity contribution in [2.24, 2.45) is 9.98 Å². The van der Waals surface area contributed by atoms with E-state index in [0.29, 0.717) is 25.5 Å². The second-order valence-corrected chi connectivity index (χ2v) is 13.4. The first-order valence-corrected chi connectivity index (χ1v) is 13.6. The van der Waals surface area contributed by atoms with Gasteiger partial charge in [0.2, 0.25) is 11.8 Å². The molecule has 0 bridgehead atoms. The van der Waals surface area contributed by atoms with Crippen LogP contribution in [0.15, 0.2) is 9.98 Å². The topological polar surface area (TPSA) is 78.7 Å². The standard InChI is InChI=1S/C21H40N2O5Si/c1-10-14-16(28-29(8,9)20(5,6)7)21(19(24)27-13-4)18(26-12-3)22-15-17(23-21)25-11-2/h16H,10-15H2,1-9H3/t16-,21-/m1/s1. The predicted molar refractivity (Wildman–Crippen MR) is 119 cm³/mol. The number of ether oxygens (including phenoxy) is 3. The fourth-order valence-electron chi connectivity index (χ4n) is 2.94. The summed E-state index contributed by atoms with van der Waals surface area (Å²) in [7, 11) is -2.23. The lowest BCUT2D eigenvalue weighted by Crippen LogP contribution is -2.62. The molecular formula is C21H40N2O5Si. The van der Waals surface area contributed by atoms with Crippen LogP contribution in [0.1, 0.15) is 61.3 Å². The fraction of sp³-hybridized carbons (Fsp3) is 0.857. The van der Waals surface area contributed by atoms with Gasteiger partial charge in [-0.05, 0) is 45.3 Å². The summed E-state index contributed by atoms with van der Waals surface area (Å²) in [5.74, 6) is 0.171. The Labute approximate surface area is 177 Å². The van der Waals surface area contributed by atoms with Crippen molar-refractivity contribution in [2.45, 2.75) is 91.1 Å². The predicted octanol–water partition coefficient (Wildman–Crippen LogP) is 4.36. The van der Waals surface area contributed by atoms with Crippen LogP contribution in [0.4, 0.5) is 0 Å². The zero-order valence-corrected chi connectivity index (χ0v) is 20.8. The molecule has 0 aromatic rings. The molecule has 29 heavy (non-hydrogen) atoms. The summed E-state index contributed by atoms with van der Waals surface area (Å²) in [5.41, 5.74) is -1.49. The molecule has 1 rings (SSSR count). The summed E-state index contributed by atoms with van der Waals surface area (Å²) in [5, 5.41) is -0.0289. The van der Waals surface area contributed by atoms with Crippen LogP contribution in [0.5, 0.6) is 0 Å². The number of hydrogen-bond donors (Lipinski definition) is 0. The number of carbonyl (C=O) groups excluding carboxylic acids is 1. The van der Waals surface area contributed by atoms with Crippen LogP contribution in [-0.2, 0) is 23.4 Å². The highest BCUT2D eigenvalue weighted by atomic mass is 28.4. The Morgan fingerprint density at radius 3 is 2.21 bits per heavy atom. The maximum atomic E-state index is 13.4. The number of carbonyl (C=O) groups is 1. The minimum atomic E-state index is -2.23. The van der Waals surface area contributed by atoms with Gasteiger partial charge in [0, 0.05) is 0 Å². The van der Waals surface area contributed by atoms with E-state index in [1.165, 1.54) is 0 Å². The minimum Gasteiger partial charge on any atom is -0.480 e. The molecule has 0 unspecified atom stereocenters. The van der Waals surface area contributed by atoms with Gasteiger partial charge in [-0.3, -0.25) is 0 Å². The summed E-state index contributed by atoms with van der Waals surface area (Å²) in [6.45, 7) is 19.7. The number of nitrogens with zero attached hydrogens (tertiary/aromatic N) is 2. The van der Waals surface area contributed by atoms with E-state index in [1.807, 2.05) is 13.8 Å². The van der Waals surface area contributed by atoms with Crippen molar-refractivity contribution >= 4 is 26.1 Å². The molecule has 2 atom stereocenters. The lowest BCUT2D eigenvalue weighted by Gasteiger charge is -2.44. The monoisotopic (exact) mass is 428 g/mol. The highest BCUT2D eigenvalue weighted by Gasteiger charge is 2.58. The van der Waals surface area contributed by atoms with Crippen LogP contribution in [-0.4, -0.2) is 64.1 Å². The average Bonchev–Trinajstić information content (AvgIpc) is 2.62. The second-order valence-electron chi connectivity index (χ2n) is 8.64. The van der Waals surface area contributed by atoms with Gasteiger partial charge in [0.05, 0.1) is 25.9 Å². The van der Waals surface area contributed by atoms with Crippen LogP contribution < -0.4 is 0 Å². The zero-order valence-electron chi connectivity index (χ0n) is 19.8. The molecule has 7 nitrogen and oxygen atoms in total. The Bertz CT molecular complexity index is 613. The van der Waals surface area contributed by atoms with Gasteiger partial charge in [-0.1, -0.05) is 34.1 Å². The third kappa shape index (κ3) is 5.81. The van der Waals surface area contributed by atoms with Gasteiger partial charge in [-0.2, -0.15) is 0 Å². The van der Waals surface area contributed by atoms with Crippen molar-refractivity contribution in [1.82, 2.24) is 0 Å². The SMILES string of the molecule is CCC[C@@H](O[Si](C)(C)C(C)(C)C)[C@@]1(C(=O)OCC)N=C(OCC)CN=C1OCC. The Morgan fingerprint density at radius 2 is 1.72 bits per heavy atom. The van der Waals surface area contributed by atoms with Gasteiger partial charge in [-0.25, -0.2) is 14.8 Å². The molecule has 0 aliphatic carbocycles. The minimum absolute atomic E-state index is 0.0289. The summed E-state index contributed by atoms with van der Waals surface area (Å²) in [6, 6.07) is 0. The van der Waals surface area contributed by atoms with Gasteiger partial charge in [-0.15, -0.1) is 0 Å². The van der Waals surface area contributed by atoms with E-state index in [-0.39, 0.29) is 24.1 Å². The van der Waals surface area contributed by atoms with Crippen LogP contribution in [0.2, 0.25) is 18.1 Å². The average molecular weight is 429 g/mol. The largest absolute Gasteiger partial charge is 0.480 e. The van der Waals surface area contributed by atoms with E-state index in [1.54, 1.807) is 6.92 Å². The van der Waals surface area contributed by atoms with E-state index in [0.717, 1.165) is 6.42 Å². The van der Waals surface area contributed by atoms with Crippen molar-refractivity contribution in [1.29, 1.82) is 0 Å². The number of rotatable bonds is 9. The summed E-state index contributed by atoms with van der Waals surface area (Å²) < 4.78 is 23.8. The van der Waals surface area contributed by atoms with E-state index in [9.17, 15) is 4.79 Å². The Morgan fingerprint density at radius 1 is 1.10 bits per heavy atom. The first kappa shape index (κ1) is 25.6. The molecule has 0 aromatic carbocycles. The molecule has 1 heterocycles. The molecule has 1 aliphatic heterocycles. The summed E-state index contributed by atoms with van der Waals surface area (Å²) in [4.78, 5) is 22.7. The molecular weight excluding hydrogens is 388 g/mol. The smallest absolute Gasteiger partial charge is 0.346 e. The Balaban J connectivity index is 3.63. The maximum Gasteiger partial charge on any atom is 0.346 e. The van der Waals surface area contributed by atoms with Crippen LogP contribution in [0.3, 0.4) is 0 Å². The molecule has 0 aromatic heterocycles. The normalized spacial score (nSPS) is 21.1. The summed E-state index contributed by atoms with van der Waals surface area (Å²) >= 11 is 0. The van der Waals surface area contributed by atoms with Crippen LogP contribution in [0.25, 0.3) is 0 Å². The molecule has 0 saturated heterocycles. The molecule has 0 spiro atoms. The van der Waals surface area contributed by atoms with Crippen molar-refractivity contribution < 1.29 is 23.4 Å². The van der Waals surface area contributed by atoms with Crippen LogP contribution in [0, 0.1) is 0 Å². The first-order chi connectivity index (χ1) is 13.5. The van der Waals surface area contributed by atoms with Crippen LogP contribution >= 0.6 is 0 Å². The second kappa shape index (κ2) is 10.6. The summed E-state index contributed by atoms with van der Waals surface area (Å²) in [6.07, 6.45) is 0.896. The third-order valence-electron chi connectivity index (χ3n) is 5.42. The van der Waals surface area contributed by atoms with Crippen molar-refractivity contribution in [3.05, 3.63) is 0 Å². The van der Waals surface area contributed by atoms with E-state index >= 15 is 0 Å². The van der Waals surface area contributed by atoms with Gasteiger partial charge in [0.15, 0.2) is 8.32 Å². The Kier molecular flexibility index (Phi) is 9.34. The van der Waals surface area contributed by atoms with Crippen molar-refractivity contribution in [3.63, 3.8) is 0 Å². The lowest BCUT2D eigenvalue weighted by molar-refractivity contribution is -0.151. The molecule has 1 aliphatic rings. The van der Waals surface area contributed by atoms with Gasteiger partial charge >= 0.3 is 5.97 Å². The van der Waals surface area contributed by atoms with Gasteiger partial charge in [0.1, 0.15) is 6.54 Å². The van der Waals surface area contributed by atoms with E-state index < -0.39 is 25.9 Å². The molecule has 0 N–H and O–H groups in total. The zero-order chi connectivity index (χ0) is 22.3. The van der Waals surface area contributed by atoms with Gasteiger partial charge < -0.3 is 18.6 Å². The van der Waals surface area contributed by atoms with Gasteiger partial charge in [0.25, 0.3) is 5.54 Å². The van der Waals surface area contributed by atoms with Crippen molar-refractivity contribution in [2.75, 3.05) is 26.4 Å². The number of esters is 1. The van der Waals surface area contributed by atoms with E-state index in [2.05, 4.69) is 45.8 Å².